The maximum Gasteiger partial charge on any atom is 0.139 e. The summed E-state index contributed by atoms with van der Waals surface area (Å²) in [6.07, 6.45) is 1.79. The number of hydrogen-bond donors (Lipinski definition) is 0. The third-order valence-electron chi connectivity index (χ3n) is 5.24. The van der Waals surface area contributed by atoms with Gasteiger partial charge in [0.05, 0.1) is 21.4 Å². The molecule has 0 aliphatic heterocycles. The minimum absolute atomic E-state index is 0.505. The number of fused-ring (bicyclic) bond motifs is 2. The highest BCUT2D eigenvalue weighted by molar-refractivity contribution is 6.44. The summed E-state index contributed by atoms with van der Waals surface area (Å²) in [6, 6.07) is 26.3. The van der Waals surface area contributed by atoms with E-state index in [0.29, 0.717) is 10.0 Å². The molecule has 0 saturated carbocycles. The van der Waals surface area contributed by atoms with Gasteiger partial charge >= 0.3 is 0 Å². The molecule has 0 aliphatic carbocycles. The minimum Gasteiger partial charge on any atom is -0.462 e. The lowest BCUT2D eigenvalue weighted by atomic mass is 10.0. The van der Waals surface area contributed by atoms with Crippen molar-refractivity contribution in [1.82, 2.24) is 0 Å². The van der Waals surface area contributed by atoms with Gasteiger partial charge in [-0.3, -0.25) is 0 Å². The fourth-order valence-corrected chi connectivity index (χ4v) is 4.23. The number of hydrogen-bond acceptors (Lipinski definition) is 2. The molecule has 1 aromatic heterocycles. The van der Waals surface area contributed by atoms with E-state index in [0.717, 1.165) is 33.6 Å². The van der Waals surface area contributed by atoms with Gasteiger partial charge < -0.3 is 9.32 Å². The average Bonchev–Trinajstić information content (AvgIpc) is 3.16. The zero-order valence-electron chi connectivity index (χ0n) is 15.7. The molecule has 0 bridgehead atoms. The van der Waals surface area contributed by atoms with Crippen LogP contribution in [0.25, 0.3) is 21.7 Å². The molecule has 0 radical (unpaired) electrons. The van der Waals surface area contributed by atoms with Crippen LogP contribution in [-0.4, -0.2) is 0 Å². The summed E-state index contributed by atoms with van der Waals surface area (Å²) in [5.41, 5.74) is 4.70. The van der Waals surface area contributed by atoms with Gasteiger partial charge in [-0.25, -0.2) is 0 Å². The average molecular weight is 418 g/mol. The van der Waals surface area contributed by atoms with Gasteiger partial charge in [-0.05, 0) is 48.0 Å². The van der Waals surface area contributed by atoms with Crippen molar-refractivity contribution in [3.05, 3.63) is 101 Å². The van der Waals surface area contributed by atoms with Crippen LogP contribution in [0.2, 0.25) is 10.0 Å². The molecule has 0 amide bonds. The topological polar surface area (TPSA) is 16.4 Å². The van der Waals surface area contributed by atoms with Gasteiger partial charge in [0.2, 0.25) is 0 Å². The molecule has 0 N–H and O–H groups in total. The number of anilines is 3. The monoisotopic (exact) mass is 417 g/mol. The smallest absolute Gasteiger partial charge is 0.139 e. The van der Waals surface area contributed by atoms with E-state index in [1.807, 2.05) is 48.5 Å². The van der Waals surface area contributed by atoms with Gasteiger partial charge in [0.15, 0.2) is 0 Å². The van der Waals surface area contributed by atoms with Crippen molar-refractivity contribution in [3.8, 4) is 0 Å². The highest BCUT2D eigenvalue weighted by Gasteiger charge is 2.22. The molecular formula is C25H17Cl2NO. The standard InChI is InChI=1S/C25H17Cl2NO/c1-16-19-11-6-5-8-17(19)14-20-23(15-29-25(16)20)28(18-9-3-2-4-10-18)22-13-7-12-21(26)24(22)27/h2-15H,1H3. The first kappa shape index (κ1) is 18.1. The lowest BCUT2D eigenvalue weighted by molar-refractivity contribution is 0.614. The van der Waals surface area contributed by atoms with Crippen LogP contribution in [0.1, 0.15) is 5.56 Å². The largest absolute Gasteiger partial charge is 0.462 e. The predicted molar refractivity (Wildman–Crippen MR) is 123 cm³/mol. The number of furan rings is 1. The van der Waals surface area contributed by atoms with E-state index in [2.05, 4.69) is 36.1 Å². The van der Waals surface area contributed by atoms with E-state index < -0.39 is 0 Å². The van der Waals surface area contributed by atoms with Crippen LogP contribution in [0.5, 0.6) is 0 Å². The number of rotatable bonds is 3. The second-order valence-corrected chi connectivity index (χ2v) is 7.75. The normalized spacial score (nSPS) is 11.3. The van der Waals surface area contributed by atoms with E-state index in [-0.39, 0.29) is 0 Å². The summed E-state index contributed by atoms with van der Waals surface area (Å²) in [7, 11) is 0. The Hall–Kier alpha value is -2.94. The van der Waals surface area contributed by atoms with Crippen molar-refractivity contribution in [1.29, 1.82) is 0 Å². The number of para-hydroxylation sites is 1. The summed E-state index contributed by atoms with van der Waals surface area (Å²) in [6.45, 7) is 2.09. The lowest BCUT2D eigenvalue weighted by Crippen LogP contribution is -2.10. The Bertz CT molecular complexity index is 1340. The molecule has 0 fully saturated rings. The zero-order valence-corrected chi connectivity index (χ0v) is 17.2. The van der Waals surface area contributed by atoms with Crippen LogP contribution in [0.4, 0.5) is 17.1 Å². The Kier molecular flexibility index (Phi) is 4.46. The van der Waals surface area contributed by atoms with Gasteiger partial charge in [-0.1, -0.05) is 71.7 Å². The number of halogens is 2. The maximum atomic E-state index is 6.63. The van der Waals surface area contributed by atoms with E-state index in [9.17, 15) is 0 Å². The molecule has 0 saturated heterocycles. The van der Waals surface area contributed by atoms with Crippen LogP contribution < -0.4 is 4.90 Å². The zero-order chi connectivity index (χ0) is 20.0. The van der Waals surface area contributed by atoms with Crippen molar-refractivity contribution in [2.24, 2.45) is 0 Å². The van der Waals surface area contributed by atoms with Crippen LogP contribution in [0.15, 0.2) is 89.5 Å². The summed E-state index contributed by atoms with van der Waals surface area (Å²) in [5, 5.41) is 4.41. The second kappa shape index (κ2) is 7.14. The Morgan fingerprint density at radius 1 is 0.759 bits per heavy atom. The minimum atomic E-state index is 0.505. The summed E-state index contributed by atoms with van der Waals surface area (Å²) in [4.78, 5) is 2.09. The van der Waals surface area contributed by atoms with E-state index in [4.69, 9.17) is 27.6 Å². The lowest BCUT2D eigenvalue weighted by Gasteiger charge is -2.25. The first-order valence-corrected chi connectivity index (χ1v) is 10.1. The molecule has 4 heteroatoms. The molecule has 0 unspecified atom stereocenters. The van der Waals surface area contributed by atoms with Gasteiger partial charge in [-0.15, -0.1) is 0 Å². The SMILES string of the molecule is Cc1c2ccccc2cc2c(N(c3ccccc3)c3cccc(Cl)c3Cl)coc12. The highest BCUT2D eigenvalue weighted by atomic mass is 35.5. The molecule has 1 heterocycles. The Morgan fingerprint density at radius 3 is 2.34 bits per heavy atom. The third-order valence-corrected chi connectivity index (χ3v) is 6.05. The van der Waals surface area contributed by atoms with Crippen LogP contribution >= 0.6 is 23.2 Å². The Labute approximate surface area is 178 Å². The van der Waals surface area contributed by atoms with Gasteiger partial charge in [0, 0.05) is 16.6 Å². The van der Waals surface area contributed by atoms with Crippen LogP contribution in [0, 0.1) is 6.92 Å². The fraction of sp³-hybridized carbons (Fsp3) is 0.0400. The van der Waals surface area contributed by atoms with Crippen molar-refractivity contribution in [3.63, 3.8) is 0 Å². The number of aryl methyl sites for hydroxylation is 1. The molecule has 5 rings (SSSR count). The Morgan fingerprint density at radius 2 is 1.52 bits per heavy atom. The summed E-state index contributed by atoms with van der Waals surface area (Å²) >= 11 is 13.0. The predicted octanol–water partition coefficient (Wildman–Crippen LogP) is 8.67. The van der Waals surface area contributed by atoms with Crippen LogP contribution in [0.3, 0.4) is 0 Å². The summed E-state index contributed by atoms with van der Waals surface area (Å²) in [5.74, 6) is 0. The molecule has 142 valence electrons. The first-order chi connectivity index (χ1) is 14.1. The van der Waals surface area contributed by atoms with E-state index in [1.165, 1.54) is 10.8 Å². The van der Waals surface area contributed by atoms with E-state index >= 15 is 0 Å². The molecule has 2 nitrogen and oxygen atoms in total. The van der Waals surface area contributed by atoms with Gasteiger partial charge in [-0.2, -0.15) is 0 Å². The van der Waals surface area contributed by atoms with Gasteiger partial charge in [0.1, 0.15) is 11.8 Å². The maximum absolute atomic E-state index is 6.63. The first-order valence-electron chi connectivity index (χ1n) is 9.34. The molecule has 4 aromatic carbocycles. The highest BCUT2D eigenvalue weighted by Crippen LogP contribution is 2.45. The molecular weight excluding hydrogens is 401 g/mol. The third kappa shape index (κ3) is 2.96. The van der Waals surface area contributed by atoms with Gasteiger partial charge in [0.25, 0.3) is 0 Å². The van der Waals surface area contributed by atoms with Crippen molar-refractivity contribution >= 4 is 62.0 Å². The van der Waals surface area contributed by atoms with Crippen LogP contribution in [-0.2, 0) is 0 Å². The number of benzene rings is 4. The fourth-order valence-electron chi connectivity index (χ4n) is 3.85. The molecule has 5 aromatic rings. The molecule has 29 heavy (non-hydrogen) atoms. The van der Waals surface area contributed by atoms with E-state index in [1.54, 1.807) is 12.3 Å². The van der Waals surface area contributed by atoms with Crippen molar-refractivity contribution < 1.29 is 4.42 Å². The molecule has 0 aliphatic rings. The van der Waals surface area contributed by atoms with Crippen molar-refractivity contribution in [2.75, 3.05) is 4.90 Å². The molecule has 0 spiro atoms. The number of nitrogens with zero attached hydrogens (tertiary/aromatic N) is 1. The second-order valence-electron chi connectivity index (χ2n) is 6.96. The quantitative estimate of drug-likeness (QED) is 0.291. The van der Waals surface area contributed by atoms with Crippen molar-refractivity contribution in [2.45, 2.75) is 6.92 Å². The summed E-state index contributed by atoms with van der Waals surface area (Å²) < 4.78 is 6.06. The Balaban J connectivity index is 1.83. The molecule has 0 atom stereocenters.